The Hall–Kier alpha value is -4.09. The third kappa shape index (κ3) is 5.43. The molecule has 12 heteroatoms. The van der Waals surface area contributed by atoms with Gasteiger partial charge in [0.15, 0.2) is 0 Å². The maximum absolute atomic E-state index is 14.0. The summed E-state index contributed by atoms with van der Waals surface area (Å²) < 4.78 is 38.7. The molecule has 2 amide bonds. The van der Waals surface area contributed by atoms with E-state index in [9.17, 15) is 22.8 Å². The minimum atomic E-state index is -5.08. The molecular formula is C26H27F3N4O5. The van der Waals surface area contributed by atoms with E-state index < -0.39 is 17.6 Å². The lowest BCUT2D eigenvalue weighted by molar-refractivity contribution is -0.192. The standard InChI is InChI=1S/C24H26N4O3.C2HF3O2/c1-26-21(8-11-25-26)20-15-28(22(29)19-9-13-31-16-19)17-24(20)10-5-12-27(23(24)30)14-18-6-3-2-4-7-18;3-2(4,5)1(6)7/h2-4,6-9,11,13,16,20H,5,10,12,14-15,17H2,1H3;(H,6,7)/t20-,24+;/m0./s1. The number of halogens is 3. The van der Waals surface area contributed by atoms with E-state index in [-0.39, 0.29) is 17.7 Å². The highest BCUT2D eigenvalue weighted by molar-refractivity contribution is 5.95. The van der Waals surface area contributed by atoms with Gasteiger partial charge in [-0.15, -0.1) is 0 Å². The van der Waals surface area contributed by atoms with Crippen LogP contribution >= 0.6 is 0 Å². The summed E-state index contributed by atoms with van der Waals surface area (Å²) in [5.74, 6) is -2.81. The van der Waals surface area contributed by atoms with E-state index in [0.29, 0.717) is 25.2 Å². The summed E-state index contributed by atoms with van der Waals surface area (Å²) in [4.78, 5) is 39.8. The van der Waals surface area contributed by atoms with Crippen molar-refractivity contribution in [3.8, 4) is 0 Å². The number of carboxylic acids is 1. The van der Waals surface area contributed by atoms with Gasteiger partial charge < -0.3 is 19.3 Å². The second-order valence-corrected chi connectivity index (χ2v) is 9.40. The smallest absolute Gasteiger partial charge is 0.475 e. The van der Waals surface area contributed by atoms with Crippen LogP contribution in [0.2, 0.25) is 0 Å². The summed E-state index contributed by atoms with van der Waals surface area (Å²) in [6.07, 6.45) is 1.34. The molecule has 2 fully saturated rings. The molecule has 0 bridgehead atoms. The molecule has 0 unspecified atom stereocenters. The number of rotatable bonds is 4. The number of amides is 2. The van der Waals surface area contributed by atoms with E-state index in [2.05, 4.69) is 17.2 Å². The van der Waals surface area contributed by atoms with Crippen LogP contribution in [0, 0.1) is 5.41 Å². The molecule has 2 aromatic heterocycles. The van der Waals surface area contributed by atoms with Crippen molar-refractivity contribution in [3.63, 3.8) is 0 Å². The van der Waals surface area contributed by atoms with Crippen molar-refractivity contribution in [2.24, 2.45) is 12.5 Å². The average molecular weight is 533 g/mol. The Morgan fingerprint density at radius 1 is 1.18 bits per heavy atom. The number of nitrogens with zero attached hydrogens (tertiary/aromatic N) is 4. The number of alkyl halides is 3. The molecule has 3 aromatic rings. The Morgan fingerprint density at radius 2 is 1.89 bits per heavy atom. The first-order chi connectivity index (χ1) is 18.0. The fraction of sp³-hybridized carbons (Fsp3) is 0.385. The summed E-state index contributed by atoms with van der Waals surface area (Å²) >= 11 is 0. The number of aromatic nitrogens is 2. The predicted octanol–water partition coefficient (Wildman–Crippen LogP) is 3.70. The van der Waals surface area contributed by atoms with Gasteiger partial charge in [-0.2, -0.15) is 18.3 Å². The maximum Gasteiger partial charge on any atom is 0.490 e. The monoisotopic (exact) mass is 532 g/mol. The third-order valence-electron chi connectivity index (χ3n) is 7.04. The van der Waals surface area contributed by atoms with Crippen molar-refractivity contribution in [2.45, 2.75) is 31.5 Å². The van der Waals surface area contributed by atoms with Crippen LogP contribution in [0.1, 0.15) is 40.4 Å². The lowest BCUT2D eigenvalue weighted by atomic mass is 9.70. The molecule has 4 heterocycles. The molecule has 0 saturated carbocycles. The third-order valence-corrected chi connectivity index (χ3v) is 7.04. The van der Waals surface area contributed by atoms with Crippen molar-refractivity contribution < 1.29 is 37.1 Å². The zero-order chi connectivity index (χ0) is 27.5. The van der Waals surface area contributed by atoms with Crippen LogP contribution in [0.15, 0.2) is 65.6 Å². The van der Waals surface area contributed by atoms with Crippen molar-refractivity contribution in [3.05, 3.63) is 78.0 Å². The number of carbonyl (C=O) groups is 3. The number of aliphatic carboxylic acids is 1. The van der Waals surface area contributed by atoms with E-state index in [1.54, 1.807) is 12.3 Å². The van der Waals surface area contributed by atoms with Crippen molar-refractivity contribution in [1.82, 2.24) is 19.6 Å². The molecule has 1 N–H and O–H groups in total. The number of piperidine rings is 1. The molecule has 2 atom stereocenters. The van der Waals surface area contributed by atoms with E-state index in [1.807, 2.05) is 45.8 Å². The maximum atomic E-state index is 14.0. The zero-order valence-corrected chi connectivity index (χ0v) is 20.6. The normalized spacial score (nSPS) is 21.4. The van der Waals surface area contributed by atoms with Crippen LogP contribution < -0.4 is 0 Å². The van der Waals surface area contributed by atoms with Gasteiger partial charge in [0.25, 0.3) is 5.91 Å². The van der Waals surface area contributed by atoms with E-state index in [1.165, 1.54) is 12.5 Å². The minimum absolute atomic E-state index is 0.0919. The number of benzene rings is 1. The van der Waals surface area contributed by atoms with E-state index in [4.69, 9.17) is 14.3 Å². The largest absolute Gasteiger partial charge is 0.490 e. The molecular weight excluding hydrogens is 505 g/mol. The Labute approximate surface area is 216 Å². The lowest BCUT2D eigenvalue weighted by Crippen LogP contribution is -2.52. The summed E-state index contributed by atoms with van der Waals surface area (Å²) in [6.45, 7) is 2.24. The highest BCUT2D eigenvalue weighted by Crippen LogP contribution is 2.49. The van der Waals surface area contributed by atoms with Gasteiger partial charge in [0.1, 0.15) is 6.26 Å². The van der Waals surface area contributed by atoms with Crippen LogP contribution in [-0.4, -0.2) is 68.3 Å². The zero-order valence-electron chi connectivity index (χ0n) is 20.6. The topological polar surface area (TPSA) is 109 Å². The lowest BCUT2D eigenvalue weighted by Gasteiger charge is -2.42. The molecule has 38 heavy (non-hydrogen) atoms. The SMILES string of the molecule is Cn1nccc1[C@@H]1CN(C(=O)c2ccoc2)C[C@]12CCCN(Cc1ccccc1)C2=O.O=C(O)C(F)(F)F. The fourth-order valence-electron chi connectivity index (χ4n) is 5.27. The highest BCUT2D eigenvalue weighted by atomic mass is 19.4. The first-order valence-corrected chi connectivity index (χ1v) is 12.0. The molecule has 0 radical (unpaired) electrons. The summed E-state index contributed by atoms with van der Waals surface area (Å²) in [5, 5.41) is 11.5. The number of hydrogen-bond donors (Lipinski definition) is 1. The number of likely N-dealkylation sites (tertiary alicyclic amines) is 2. The van der Waals surface area contributed by atoms with Gasteiger partial charge in [-0.05, 0) is 30.5 Å². The van der Waals surface area contributed by atoms with E-state index >= 15 is 0 Å². The molecule has 0 aliphatic carbocycles. The number of furan rings is 1. The van der Waals surface area contributed by atoms with Crippen molar-refractivity contribution >= 4 is 17.8 Å². The first-order valence-electron chi connectivity index (χ1n) is 12.0. The van der Waals surface area contributed by atoms with Gasteiger partial charge >= 0.3 is 12.1 Å². The quantitative estimate of drug-likeness (QED) is 0.549. The molecule has 202 valence electrons. The van der Waals surface area contributed by atoms with Crippen molar-refractivity contribution in [2.75, 3.05) is 19.6 Å². The Balaban J connectivity index is 0.000000426. The highest BCUT2D eigenvalue weighted by Gasteiger charge is 2.57. The minimum Gasteiger partial charge on any atom is -0.475 e. The van der Waals surface area contributed by atoms with Crippen LogP contribution in [0.25, 0.3) is 0 Å². The number of hydrogen-bond acceptors (Lipinski definition) is 5. The summed E-state index contributed by atoms with van der Waals surface area (Å²) in [7, 11) is 1.90. The molecule has 5 rings (SSSR count). The van der Waals surface area contributed by atoms with Crippen LogP contribution in [0.5, 0.6) is 0 Å². The molecule has 2 aliphatic heterocycles. The van der Waals surface area contributed by atoms with Gasteiger partial charge in [0.05, 0.1) is 17.2 Å². The van der Waals surface area contributed by atoms with Gasteiger partial charge in [0.2, 0.25) is 5.91 Å². The molecule has 2 saturated heterocycles. The summed E-state index contributed by atoms with van der Waals surface area (Å²) in [5.41, 5.74) is 2.00. The van der Waals surface area contributed by atoms with Crippen LogP contribution in [-0.2, 0) is 23.2 Å². The second kappa shape index (κ2) is 10.7. The number of carbonyl (C=O) groups excluding carboxylic acids is 2. The van der Waals surface area contributed by atoms with Crippen molar-refractivity contribution in [1.29, 1.82) is 0 Å². The number of carboxylic acid groups (broad SMARTS) is 1. The molecule has 1 aromatic carbocycles. The van der Waals surface area contributed by atoms with Gasteiger partial charge in [-0.1, -0.05) is 30.3 Å². The molecule has 2 aliphatic rings. The average Bonchev–Trinajstić information content (AvgIpc) is 3.63. The Kier molecular flexibility index (Phi) is 7.61. The van der Waals surface area contributed by atoms with Gasteiger partial charge in [-0.25, -0.2) is 4.79 Å². The van der Waals surface area contributed by atoms with Crippen LogP contribution in [0.4, 0.5) is 13.2 Å². The van der Waals surface area contributed by atoms with E-state index in [0.717, 1.165) is 30.6 Å². The predicted molar refractivity (Wildman–Crippen MR) is 128 cm³/mol. The second-order valence-electron chi connectivity index (χ2n) is 9.40. The van der Waals surface area contributed by atoms with Crippen LogP contribution in [0.3, 0.4) is 0 Å². The number of aryl methyl sites for hydroxylation is 1. The molecule has 1 spiro atoms. The fourth-order valence-corrected chi connectivity index (χ4v) is 5.27. The Bertz CT molecular complexity index is 1280. The van der Waals surface area contributed by atoms with Gasteiger partial charge in [-0.3, -0.25) is 14.3 Å². The Morgan fingerprint density at radius 3 is 2.47 bits per heavy atom. The first kappa shape index (κ1) is 27.0. The molecule has 9 nitrogen and oxygen atoms in total. The summed E-state index contributed by atoms with van der Waals surface area (Å²) in [6, 6.07) is 13.7. The van der Waals surface area contributed by atoms with Gasteiger partial charge in [0, 0.05) is 51.0 Å².